The van der Waals surface area contributed by atoms with Gasteiger partial charge < -0.3 is 19.1 Å². The Balaban J connectivity index is 1.63. The third-order valence-corrected chi connectivity index (χ3v) is 4.54. The van der Waals surface area contributed by atoms with E-state index in [1.807, 2.05) is 54.6 Å². The van der Waals surface area contributed by atoms with E-state index in [1.54, 1.807) is 19.1 Å². The number of likely N-dealkylation sites (tertiary alicyclic amines) is 1. The zero-order chi connectivity index (χ0) is 19.1. The van der Waals surface area contributed by atoms with Gasteiger partial charge in [0.2, 0.25) is 0 Å². The summed E-state index contributed by atoms with van der Waals surface area (Å²) in [5.41, 5.74) is 1.99. The van der Waals surface area contributed by atoms with E-state index in [0.29, 0.717) is 5.75 Å². The molecule has 0 radical (unpaired) electrons. The fourth-order valence-corrected chi connectivity index (χ4v) is 3.01. The molecule has 1 heterocycles. The van der Waals surface area contributed by atoms with E-state index in [9.17, 15) is 4.79 Å². The summed E-state index contributed by atoms with van der Waals surface area (Å²) in [6.07, 6.45) is 7.00. The topological polar surface area (TPSA) is 48.0 Å². The van der Waals surface area contributed by atoms with Crippen molar-refractivity contribution >= 4 is 18.2 Å². The molecule has 1 fully saturated rings. The van der Waals surface area contributed by atoms with Gasteiger partial charge in [-0.2, -0.15) is 0 Å². The van der Waals surface area contributed by atoms with Crippen LogP contribution in [0.15, 0.2) is 42.5 Å². The van der Waals surface area contributed by atoms with Gasteiger partial charge in [0.25, 0.3) is 0 Å². The largest absolute Gasteiger partial charge is 0.497 e. The first-order valence-corrected chi connectivity index (χ1v) is 9.16. The SMILES string of the molecule is COc1cc(/C=C/c2ccc(OC(=O)N3CCCCC3)cc2)cc(OC)c1. The molecule has 2 aromatic rings. The lowest BCUT2D eigenvalue weighted by Crippen LogP contribution is -2.37. The molecule has 0 aliphatic carbocycles. The second kappa shape index (κ2) is 9.12. The van der Waals surface area contributed by atoms with Crippen molar-refractivity contribution in [1.82, 2.24) is 4.90 Å². The van der Waals surface area contributed by atoms with Gasteiger partial charge in [-0.25, -0.2) is 4.79 Å². The van der Waals surface area contributed by atoms with Crippen molar-refractivity contribution < 1.29 is 19.0 Å². The third kappa shape index (κ3) is 5.26. The third-order valence-electron chi connectivity index (χ3n) is 4.54. The van der Waals surface area contributed by atoms with Gasteiger partial charge in [-0.3, -0.25) is 0 Å². The molecular weight excluding hydrogens is 342 g/mol. The Morgan fingerprint density at radius 2 is 1.41 bits per heavy atom. The van der Waals surface area contributed by atoms with Crippen LogP contribution >= 0.6 is 0 Å². The summed E-state index contributed by atoms with van der Waals surface area (Å²) in [4.78, 5) is 13.9. The highest BCUT2D eigenvalue weighted by Gasteiger charge is 2.18. The Labute approximate surface area is 160 Å². The van der Waals surface area contributed by atoms with E-state index < -0.39 is 0 Å². The Morgan fingerprint density at radius 3 is 2.00 bits per heavy atom. The maximum absolute atomic E-state index is 12.1. The molecule has 1 aliphatic rings. The smallest absolute Gasteiger partial charge is 0.415 e. The Bertz CT molecular complexity index is 770. The zero-order valence-corrected chi connectivity index (χ0v) is 15.8. The lowest BCUT2D eigenvalue weighted by Gasteiger charge is -2.25. The number of ether oxygens (including phenoxy) is 3. The van der Waals surface area contributed by atoms with Gasteiger partial charge in [0, 0.05) is 19.2 Å². The Kier molecular flexibility index (Phi) is 6.36. The number of hydrogen-bond acceptors (Lipinski definition) is 4. The van der Waals surface area contributed by atoms with E-state index in [1.165, 1.54) is 6.42 Å². The lowest BCUT2D eigenvalue weighted by molar-refractivity contribution is 0.142. The quantitative estimate of drug-likeness (QED) is 0.708. The normalized spacial score (nSPS) is 14.2. The van der Waals surface area contributed by atoms with E-state index in [2.05, 4.69) is 0 Å². The average molecular weight is 367 g/mol. The van der Waals surface area contributed by atoms with Gasteiger partial charge in [0.1, 0.15) is 17.2 Å². The summed E-state index contributed by atoms with van der Waals surface area (Å²) < 4.78 is 16.0. The maximum atomic E-state index is 12.1. The van der Waals surface area contributed by atoms with Crippen LogP contribution in [0.25, 0.3) is 12.2 Å². The van der Waals surface area contributed by atoms with Gasteiger partial charge in [0.05, 0.1) is 14.2 Å². The summed E-state index contributed by atoms with van der Waals surface area (Å²) in [5, 5.41) is 0. The van der Waals surface area contributed by atoms with Crippen molar-refractivity contribution in [3.05, 3.63) is 53.6 Å². The highest BCUT2D eigenvalue weighted by Crippen LogP contribution is 2.24. The second-order valence-electron chi connectivity index (χ2n) is 6.46. The first-order valence-electron chi connectivity index (χ1n) is 9.16. The molecule has 27 heavy (non-hydrogen) atoms. The molecule has 3 rings (SSSR count). The van der Waals surface area contributed by atoms with Gasteiger partial charge in [0.15, 0.2) is 0 Å². The maximum Gasteiger partial charge on any atom is 0.415 e. The summed E-state index contributed by atoms with van der Waals surface area (Å²) in [5.74, 6) is 2.05. The first kappa shape index (κ1) is 18.8. The van der Waals surface area contributed by atoms with Crippen LogP contribution in [0.4, 0.5) is 4.79 Å². The monoisotopic (exact) mass is 367 g/mol. The molecule has 0 bridgehead atoms. The minimum absolute atomic E-state index is 0.263. The van der Waals surface area contributed by atoms with Crippen molar-refractivity contribution in [2.24, 2.45) is 0 Å². The molecule has 0 unspecified atom stereocenters. The average Bonchev–Trinajstić information content (AvgIpc) is 2.73. The van der Waals surface area contributed by atoms with E-state index in [0.717, 1.165) is 48.6 Å². The number of methoxy groups -OCH3 is 2. The lowest BCUT2D eigenvalue weighted by atomic mass is 10.1. The predicted molar refractivity (Wildman–Crippen MR) is 106 cm³/mol. The summed E-state index contributed by atoms with van der Waals surface area (Å²) in [7, 11) is 3.26. The molecule has 2 aromatic carbocycles. The fourth-order valence-electron chi connectivity index (χ4n) is 3.01. The Morgan fingerprint density at radius 1 is 0.815 bits per heavy atom. The number of nitrogens with zero attached hydrogens (tertiary/aromatic N) is 1. The summed E-state index contributed by atoms with van der Waals surface area (Å²) in [6.45, 7) is 1.56. The van der Waals surface area contributed by atoms with Crippen molar-refractivity contribution in [2.75, 3.05) is 27.3 Å². The minimum atomic E-state index is -0.263. The van der Waals surface area contributed by atoms with Gasteiger partial charge in [-0.1, -0.05) is 24.3 Å². The fraction of sp³-hybridized carbons (Fsp3) is 0.318. The molecule has 1 amide bonds. The highest BCUT2D eigenvalue weighted by atomic mass is 16.6. The molecule has 5 nitrogen and oxygen atoms in total. The van der Waals surface area contributed by atoms with Crippen LogP contribution in [0.3, 0.4) is 0 Å². The van der Waals surface area contributed by atoms with Crippen molar-refractivity contribution in [1.29, 1.82) is 0 Å². The molecule has 0 saturated carbocycles. The molecule has 142 valence electrons. The molecule has 1 saturated heterocycles. The molecular formula is C22H25NO4. The van der Waals surface area contributed by atoms with Crippen molar-refractivity contribution in [3.8, 4) is 17.2 Å². The van der Waals surface area contributed by atoms with E-state index in [4.69, 9.17) is 14.2 Å². The molecule has 0 spiro atoms. The summed E-state index contributed by atoms with van der Waals surface area (Å²) >= 11 is 0. The van der Waals surface area contributed by atoms with Crippen LogP contribution in [0.1, 0.15) is 30.4 Å². The second-order valence-corrected chi connectivity index (χ2v) is 6.46. The number of piperidine rings is 1. The Hall–Kier alpha value is -2.95. The first-order chi connectivity index (χ1) is 13.2. The van der Waals surface area contributed by atoms with Gasteiger partial charge in [-0.05, 0) is 54.7 Å². The zero-order valence-electron chi connectivity index (χ0n) is 15.8. The van der Waals surface area contributed by atoms with Gasteiger partial charge >= 0.3 is 6.09 Å². The predicted octanol–water partition coefficient (Wildman–Crippen LogP) is 4.86. The molecule has 0 aromatic heterocycles. The summed E-state index contributed by atoms with van der Waals surface area (Å²) in [6, 6.07) is 13.2. The van der Waals surface area contributed by atoms with Gasteiger partial charge in [-0.15, -0.1) is 0 Å². The molecule has 5 heteroatoms. The van der Waals surface area contributed by atoms with E-state index in [-0.39, 0.29) is 6.09 Å². The van der Waals surface area contributed by atoms with Crippen LogP contribution in [0.2, 0.25) is 0 Å². The molecule has 0 atom stereocenters. The van der Waals surface area contributed by atoms with Crippen LogP contribution in [0, 0.1) is 0 Å². The van der Waals surface area contributed by atoms with Crippen LogP contribution in [-0.2, 0) is 0 Å². The number of amides is 1. The van der Waals surface area contributed by atoms with Crippen LogP contribution < -0.4 is 14.2 Å². The van der Waals surface area contributed by atoms with Crippen molar-refractivity contribution in [2.45, 2.75) is 19.3 Å². The van der Waals surface area contributed by atoms with Crippen LogP contribution in [-0.4, -0.2) is 38.3 Å². The number of carbonyl (C=O) groups excluding carboxylic acids is 1. The van der Waals surface area contributed by atoms with Crippen molar-refractivity contribution in [3.63, 3.8) is 0 Å². The van der Waals surface area contributed by atoms with E-state index >= 15 is 0 Å². The molecule has 0 N–H and O–H groups in total. The standard InChI is InChI=1S/C22H25NO4/c1-25-20-14-18(15-21(16-20)26-2)7-6-17-8-10-19(11-9-17)27-22(24)23-12-4-3-5-13-23/h6-11,14-16H,3-5,12-13H2,1-2H3/b7-6+. The highest BCUT2D eigenvalue weighted by molar-refractivity contribution is 5.73. The minimum Gasteiger partial charge on any atom is -0.497 e. The number of benzene rings is 2. The van der Waals surface area contributed by atoms with Crippen LogP contribution in [0.5, 0.6) is 17.2 Å². The molecule has 1 aliphatic heterocycles. The number of hydrogen-bond donors (Lipinski definition) is 0. The number of rotatable bonds is 5. The number of carbonyl (C=O) groups is 1.